The molecule has 1 amide bonds. The summed E-state index contributed by atoms with van der Waals surface area (Å²) in [7, 11) is 0. The number of rotatable bonds is 9. The molecule has 0 spiro atoms. The molecule has 9 nitrogen and oxygen atoms in total. The van der Waals surface area contributed by atoms with E-state index in [9.17, 15) is 4.79 Å². The van der Waals surface area contributed by atoms with E-state index in [0.717, 1.165) is 47.6 Å². The van der Waals surface area contributed by atoms with Crippen molar-refractivity contribution in [3.05, 3.63) is 72.9 Å². The largest absolute Gasteiger partial charge is 0.381 e. The minimum Gasteiger partial charge on any atom is -0.381 e. The third-order valence-corrected chi connectivity index (χ3v) is 7.22. The first-order valence-electron chi connectivity index (χ1n) is 12.7. The summed E-state index contributed by atoms with van der Waals surface area (Å²) in [5.74, 6) is 0.518. The van der Waals surface area contributed by atoms with E-state index in [1.165, 1.54) is 5.69 Å². The highest BCUT2D eigenvalue weighted by Crippen LogP contribution is 2.29. The highest BCUT2D eigenvalue weighted by Gasteiger charge is 2.19. The van der Waals surface area contributed by atoms with Gasteiger partial charge in [0.05, 0.1) is 26.4 Å². The van der Waals surface area contributed by atoms with Crippen molar-refractivity contribution in [3.8, 4) is 0 Å². The van der Waals surface area contributed by atoms with Crippen LogP contribution in [0.25, 0.3) is 0 Å². The number of nitrogens with one attached hydrogen (secondary N) is 2. The standard InChI is InChI=1S/C28H32N6O3S/c1-21(27(35)34-13-17-37-18-14-34)20-30-23-3-2-4-25(19-23)38-26-9-10-29-28(32-26)31-22-5-7-24(8-6-22)33-11-15-36-16-12-33/h2-10,19,30H,1,11-18,20H2,(H,29,31,32). The molecule has 5 rings (SSSR count). The molecule has 0 aliphatic carbocycles. The van der Waals surface area contributed by atoms with Crippen LogP contribution in [0.5, 0.6) is 0 Å². The van der Waals surface area contributed by atoms with E-state index in [1.54, 1.807) is 22.9 Å². The first-order chi connectivity index (χ1) is 18.6. The third-order valence-electron chi connectivity index (χ3n) is 6.29. The van der Waals surface area contributed by atoms with Crippen molar-refractivity contribution in [2.45, 2.75) is 9.92 Å². The minimum absolute atomic E-state index is 0.0249. The van der Waals surface area contributed by atoms with Gasteiger partial charge in [-0.2, -0.15) is 0 Å². The van der Waals surface area contributed by atoms with Crippen LogP contribution >= 0.6 is 11.8 Å². The number of carbonyl (C=O) groups is 1. The number of carbonyl (C=O) groups excluding carboxylic acids is 1. The molecular weight excluding hydrogens is 500 g/mol. The molecule has 198 valence electrons. The fraction of sp³-hybridized carbons (Fsp3) is 0.321. The number of aromatic nitrogens is 2. The Bertz CT molecular complexity index is 1240. The number of benzene rings is 2. The van der Waals surface area contributed by atoms with Gasteiger partial charge in [0.1, 0.15) is 5.03 Å². The van der Waals surface area contributed by atoms with Crippen LogP contribution in [0.2, 0.25) is 0 Å². The van der Waals surface area contributed by atoms with Crippen LogP contribution in [-0.4, -0.2) is 79.9 Å². The Hall–Kier alpha value is -3.60. The van der Waals surface area contributed by atoms with Gasteiger partial charge in [-0.15, -0.1) is 0 Å². The highest BCUT2D eigenvalue weighted by atomic mass is 32.2. The number of ether oxygens (including phenoxy) is 2. The molecule has 2 aliphatic rings. The molecular formula is C28H32N6O3S. The van der Waals surface area contributed by atoms with Gasteiger partial charge in [-0.25, -0.2) is 9.97 Å². The zero-order chi connectivity index (χ0) is 26.2. The molecule has 1 aromatic heterocycles. The van der Waals surface area contributed by atoms with Gasteiger partial charge < -0.3 is 29.9 Å². The van der Waals surface area contributed by atoms with Crippen LogP contribution < -0.4 is 15.5 Å². The third kappa shape index (κ3) is 7.03. The topological polar surface area (TPSA) is 91.8 Å². The monoisotopic (exact) mass is 532 g/mol. The van der Waals surface area contributed by atoms with Crippen molar-refractivity contribution in [2.24, 2.45) is 0 Å². The fourth-order valence-electron chi connectivity index (χ4n) is 4.23. The number of nitrogens with zero attached hydrogens (tertiary/aromatic N) is 4. The van der Waals surface area contributed by atoms with Crippen LogP contribution in [0.15, 0.2) is 82.9 Å². The Kier molecular flexibility index (Phi) is 8.75. The first-order valence-corrected chi connectivity index (χ1v) is 13.6. The molecule has 0 bridgehead atoms. The predicted octanol–water partition coefficient (Wildman–Crippen LogP) is 4.03. The normalized spacial score (nSPS) is 15.7. The molecule has 2 saturated heterocycles. The number of morpholine rings is 2. The lowest BCUT2D eigenvalue weighted by Gasteiger charge is -2.28. The van der Waals surface area contributed by atoms with Crippen LogP contribution in [-0.2, 0) is 14.3 Å². The van der Waals surface area contributed by atoms with Gasteiger partial charge in [0, 0.05) is 66.5 Å². The number of anilines is 4. The number of hydrogen-bond donors (Lipinski definition) is 2. The van der Waals surface area contributed by atoms with Crippen molar-refractivity contribution in [1.29, 1.82) is 0 Å². The quantitative estimate of drug-likeness (QED) is 0.313. The summed E-state index contributed by atoms with van der Waals surface area (Å²) < 4.78 is 10.8. The highest BCUT2D eigenvalue weighted by molar-refractivity contribution is 7.99. The van der Waals surface area contributed by atoms with Gasteiger partial charge in [-0.05, 0) is 48.5 Å². The lowest BCUT2D eigenvalue weighted by atomic mass is 10.2. The maximum Gasteiger partial charge on any atom is 0.251 e. The molecule has 2 aliphatic heterocycles. The maximum absolute atomic E-state index is 12.6. The number of hydrogen-bond acceptors (Lipinski definition) is 9. The van der Waals surface area contributed by atoms with E-state index in [2.05, 4.69) is 44.2 Å². The Balaban J connectivity index is 1.15. The molecule has 2 N–H and O–H groups in total. The second-order valence-electron chi connectivity index (χ2n) is 8.98. The first kappa shape index (κ1) is 26.0. The second-order valence-corrected chi connectivity index (χ2v) is 10.1. The Morgan fingerprint density at radius 1 is 0.947 bits per heavy atom. The summed E-state index contributed by atoms with van der Waals surface area (Å²) in [6.07, 6.45) is 1.75. The summed E-state index contributed by atoms with van der Waals surface area (Å²) >= 11 is 1.55. The fourth-order valence-corrected chi connectivity index (χ4v) is 5.07. The lowest BCUT2D eigenvalue weighted by molar-refractivity contribution is -0.131. The van der Waals surface area contributed by atoms with Crippen molar-refractivity contribution in [2.75, 3.05) is 74.7 Å². The summed E-state index contributed by atoms with van der Waals surface area (Å²) in [5.41, 5.74) is 3.57. The zero-order valence-corrected chi connectivity index (χ0v) is 22.1. The second kappa shape index (κ2) is 12.8. The molecule has 0 saturated carbocycles. The molecule has 3 heterocycles. The Morgan fingerprint density at radius 2 is 1.68 bits per heavy atom. The van der Waals surface area contributed by atoms with Crippen molar-refractivity contribution >= 4 is 40.7 Å². The van der Waals surface area contributed by atoms with E-state index in [4.69, 9.17) is 9.47 Å². The molecule has 38 heavy (non-hydrogen) atoms. The van der Waals surface area contributed by atoms with Crippen LogP contribution in [0.4, 0.5) is 23.0 Å². The van der Waals surface area contributed by atoms with Crippen molar-refractivity contribution < 1.29 is 14.3 Å². The van der Waals surface area contributed by atoms with Crippen LogP contribution in [0.1, 0.15) is 0 Å². The molecule has 0 unspecified atom stereocenters. The summed E-state index contributed by atoms with van der Waals surface area (Å²) in [4.78, 5) is 26.8. The Labute approximate surface area is 227 Å². The lowest BCUT2D eigenvalue weighted by Crippen LogP contribution is -2.42. The van der Waals surface area contributed by atoms with Crippen molar-refractivity contribution in [3.63, 3.8) is 0 Å². The van der Waals surface area contributed by atoms with Crippen LogP contribution in [0, 0.1) is 0 Å². The van der Waals surface area contributed by atoms with Crippen LogP contribution in [0.3, 0.4) is 0 Å². The number of amides is 1. The SMILES string of the molecule is C=C(CNc1cccc(Sc2ccnc(Nc3ccc(N4CCOCC4)cc3)n2)c1)C(=O)N1CCOCC1. The molecule has 10 heteroatoms. The maximum atomic E-state index is 12.6. The summed E-state index contributed by atoms with van der Waals surface area (Å²) in [6, 6.07) is 18.2. The van der Waals surface area contributed by atoms with E-state index < -0.39 is 0 Å². The van der Waals surface area contributed by atoms with E-state index >= 15 is 0 Å². The van der Waals surface area contributed by atoms with Gasteiger partial charge in [-0.3, -0.25) is 4.79 Å². The van der Waals surface area contributed by atoms with Gasteiger partial charge in [-0.1, -0.05) is 24.4 Å². The van der Waals surface area contributed by atoms with E-state index in [1.807, 2.05) is 42.5 Å². The average molecular weight is 533 g/mol. The average Bonchev–Trinajstić information content (AvgIpc) is 2.97. The molecule has 2 aromatic carbocycles. The van der Waals surface area contributed by atoms with Gasteiger partial charge in [0.25, 0.3) is 5.91 Å². The summed E-state index contributed by atoms with van der Waals surface area (Å²) in [5, 5.41) is 7.44. The van der Waals surface area contributed by atoms with Gasteiger partial charge in [0.15, 0.2) is 0 Å². The van der Waals surface area contributed by atoms with E-state index in [-0.39, 0.29) is 5.91 Å². The van der Waals surface area contributed by atoms with Gasteiger partial charge >= 0.3 is 0 Å². The van der Waals surface area contributed by atoms with E-state index in [0.29, 0.717) is 44.4 Å². The minimum atomic E-state index is -0.0249. The van der Waals surface area contributed by atoms with Gasteiger partial charge in [0.2, 0.25) is 5.95 Å². The predicted molar refractivity (Wildman–Crippen MR) is 150 cm³/mol. The molecule has 0 radical (unpaired) electrons. The Morgan fingerprint density at radius 3 is 2.45 bits per heavy atom. The zero-order valence-electron chi connectivity index (χ0n) is 21.3. The molecule has 3 aromatic rings. The molecule has 2 fully saturated rings. The molecule has 0 atom stereocenters. The summed E-state index contributed by atoms with van der Waals surface area (Å²) in [6.45, 7) is 10.1. The smallest absolute Gasteiger partial charge is 0.251 e. The van der Waals surface area contributed by atoms with Crippen molar-refractivity contribution in [1.82, 2.24) is 14.9 Å².